The highest BCUT2D eigenvalue weighted by molar-refractivity contribution is 7.92. The number of sulfonamides is 1. The summed E-state index contributed by atoms with van der Waals surface area (Å²) in [6, 6.07) is 13.4. The molecule has 0 aliphatic rings. The van der Waals surface area contributed by atoms with Gasteiger partial charge in [0.2, 0.25) is 10.0 Å². The maximum absolute atomic E-state index is 12.1. The third kappa shape index (κ3) is 6.28. The highest BCUT2D eigenvalue weighted by Crippen LogP contribution is 2.12. The molecule has 6 heteroatoms. The molecule has 0 spiro atoms. The highest BCUT2D eigenvalue weighted by atomic mass is 32.2. The van der Waals surface area contributed by atoms with E-state index < -0.39 is 10.0 Å². The van der Waals surface area contributed by atoms with E-state index in [4.69, 9.17) is 0 Å². The summed E-state index contributed by atoms with van der Waals surface area (Å²) in [6.07, 6.45) is 3.98. The molecule has 0 bridgehead atoms. The first kappa shape index (κ1) is 17.3. The van der Waals surface area contributed by atoms with Gasteiger partial charge >= 0.3 is 0 Å². The van der Waals surface area contributed by atoms with Gasteiger partial charge in [0.1, 0.15) is 5.82 Å². The third-order valence-electron chi connectivity index (χ3n) is 3.32. The third-order valence-corrected chi connectivity index (χ3v) is 4.67. The van der Waals surface area contributed by atoms with E-state index in [0.29, 0.717) is 12.2 Å². The Bertz CT molecular complexity index is 686. The summed E-state index contributed by atoms with van der Waals surface area (Å²) in [5.41, 5.74) is 2.03. The number of rotatable bonds is 9. The Kier molecular flexibility index (Phi) is 6.40. The van der Waals surface area contributed by atoms with Gasteiger partial charge in [0.05, 0.1) is 17.6 Å². The number of aromatic nitrogens is 1. The fourth-order valence-corrected chi connectivity index (χ4v) is 3.22. The minimum atomic E-state index is -3.37. The predicted molar refractivity (Wildman–Crippen MR) is 95.2 cm³/mol. The first-order valence-corrected chi connectivity index (χ1v) is 9.48. The van der Waals surface area contributed by atoms with Gasteiger partial charge in [-0.25, -0.2) is 13.4 Å². The average molecular weight is 333 g/mol. The van der Waals surface area contributed by atoms with Crippen molar-refractivity contribution in [2.24, 2.45) is 0 Å². The Morgan fingerprint density at radius 3 is 2.52 bits per heavy atom. The topological polar surface area (TPSA) is 71.1 Å². The van der Waals surface area contributed by atoms with E-state index in [1.54, 1.807) is 12.3 Å². The predicted octanol–water partition coefficient (Wildman–Crippen LogP) is 3.28. The molecule has 0 aliphatic heterocycles. The Morgan fingerprint density at radius 2 is 1.87 bits per heavy atom. The smallest absolute Gasteiger partial charge is 0.233 e. The van der Waals surface area contributed by atoms with Crippen molar-refractivity contribution in [3.05, 3.63) is 54.2 Å². The van der Waals surface area contributed by atoms with E-state index in [1.807, 2.05) is 36.4 Å². The second-order valence-corrected chi connectivity index (χ2v) is 7.21. The fraction of sp³-hybridized carbons (Fsp3) is 0.353. The molecule has 0 amide bonds. The molecule has 1 aromatic carbocycles. The number of nitrogens with one attached hydrogen (secondary N) is 2. The van der Waals surface area contributed by atoms with E-state index in [9.17, 15) is 8.42 Å². The van der Waals surface area contributed by atoms with Crippen LogP contribution in [-0.4, -0.2) is 25.7 Å². The Labute approximate surface area is 138 Å². The number of hydrogen-bond donors (Lipinski definition) is 2. The van der Waals surface area contributed by atoms with Crippen LogP contribution in [0, 0.1) is 0 Å². The molecule has 23 heavy (non-hydrogen) atoms. The molecule has 5 nitrogen and oxygen atoms in total. The lowest BCUT2D eigenvalue weighted by Crippen LogP contribution is -2.18. The van der Waals surface area contributed by atoms with Crippen molar-refractivity contribution in [3.8, 4) is 0 Å². The summed E-state index contributed by atoms with van der Waals surface area (Å²) in [6.45, 7) is 2.95. The molecule has 2 rings (SSSR count). The van der Waals surface area contributed by atoms with Gasteiger partial charge in [0.25, 0.3) is 0 Å². The molecule has 0 radical (unpaired) electrons. The highest BCUT2D eigenvalue weighted by Gasteiger charge is 2.11. The van der Waals surface area contributed by atoms with E-state index in [1.165, 1.54) is 0 Å². The summed E-state index contributed by atoms with van der Waals surface area (Å²) in [7, 11) is -3.37. The molecule has 0 atom stereocenters. The quantitative estimate of drug-likeness (QED) is 0.739. The lowest BCUT2D eigenvalue weighted by molar-refractivity contribution is 0.598. The molecule has 0 saturated heterocycles. The van der Waals surface area contributed by atoms with Gasteiger partial charge in [-0.2, -0.15) is 0 Å². The number of nitrogens with zero attached hydrogens (tertiary/aromatic N) is 1. The first-order chi connectivity index (χ1) is 11.1. The molecule has 124 valence electrons. The first-order valence-electron chi connectivity index (χ1n) is 7.83. The Balaban J connectivity index is 1.83. The van der Waals surface area contributed by atoms with E-state index in [-0.39, 0.29) is 5.75 Å². The molecule has 1 heterocycles. The standard InChI is InChI=1S/C17H23N3O2S/c1-2-12-18-16-10-11-17(19-14-16)20-23(21,22)13-6-9-15-7-4-3-5-8-15/h3-5,7-8,10-11,14,18H,2,6,9,12-13H2,1H3,(H,19,20). The zero-order chi connectivity index (χ0) is 16.5. The minimum Gasteiger partial charge on any atom is -0.384 e. The van der Waals surface area contributed by atoms with Crippen LogP contribution < -0.4 is 10.0 Å². The number of pyridine rings is 1. The van der Waals surface area contributed by atoms with Crippen LogP contribution in [-0.2, 0) is 16.4 Å². The lowest BCUT2D eigenvalue weighted by Gasteiger charge is -2.09. The summed E-state index contributed by atoms with van der Waals surface area (Å²) in [5.74, 6) is 0.436. The lowest BCUT2D eigenvalue weighted by atomic mass is 10.1. The van der Waals surface area contributed by atoms with Crippen LogP contribution in [0.25, 0.3) is 0 Å². The van der Waals surface area contributed by atoms with Gasteiger partial charge in [0, 0.05) is 6.54 Å². The molecule has 2 N–H and O–H groups in total. The molecule has 0 aliphatic carbocycles. The molecular weight excluding hydrogens is 310 g/mol. The van der Waals surface area contributed by atoms with Crippen LogP contribution in [0.4, 0.5) is 11.5 Å². The summed E-state index contributed by atoms with van der Waals surface area (Å²) >= 11 is 0. The van der Waals surface area contributed by atoms with Crippen molar-refractivity contribution in [1.82, 2.24) is 4.98 Å². The van der Waals surface area contributed by atoms with Crippen molar-refractivity contribution >= 4 is 21.5 Å². The zero-order valence-electron chi connectivity index (χ0n) is 13.3. The average Bonchev–Trinajstić information content (AvgIpc) is 2.55. The van der Waals surface area contributed by atoms with Crippen molar-refractivity contribution in [2.45, 2.75) is 26.2 Å². The number of benzene rings is 1. The monoisotopic (exact) mass is 333 g/mol. The molecule has 2 aromatic rings. The summed E-state index contributed by atoms with van der Waals surface area (Å²) < 4.78 is 26.7. The molecule has 1 aromatic heterocycles. The van der Waals surface area contributed by atoms with Crippen molar-refractivity contribution in [3.63, 3.8) is 0 Å². The van der Waals surface area contributed by atoms with Gasteiger partial charge in [-0.05, 0) is 37.0 Å². The Morgan fingerprint density at radius 1 is 1.09 bits per heavy atom. The van der Waals surface area contributed by atoms with E-state index in [0.717, 1.165) is 30.6 Å². The molecule has 0 saturated carbocycles. The SMILES string of the molecule is CCCNc1ccc(NS(=O)(=O)CCCc2ccccc2)nc1. The van der Waals surface area contributed by atoms with Crippen molar-refractivity contribution in [1.29, 1.82) is 0 Å². The number of hydrogen-bond acceptors (Lipinski definition) is 4. The van der Waals surface area contributed by atoms with Crippen LogP contribution in [0.5, 0.6) is 0 Å². The van der Waals surface area contributed by atoms with Gasteiger partial charge in [-0.15, -0.1) is 0 Å². The summed E-state index contributed by atoms with van der Waals surface area (Å²) in [4.78, 5) is 4.13. The number of anilines is 2. The van der Waals surface area contributed by atoms with Crippen molar-refractivity contribution < 1.29 is 8.42 Å². The van der Waals surface area contributed by atoms with E-state index >= 15 is 0 Å². The van der Waals surface area contributed by atoms with Gasteiger partial charge in [-0.1, -0.05) is 37.3 Å². The van der Waals surface area contributed by atoms with E-state index in [2.05, 4.69) is 21.9 Å². The second kappa shape index (κ2) is 8.53. The van der Waals surface area contributed by atoms with Gasteiger partial charge in [-0.3, -0.25) is 4.72 Å². The van der Waals surface area contributed by atoms with Gasteiger partial charge < -0.3 is 5.32 Å². The normalized spacial score (nSPS) is 11.2. The number of aryl methyl sites for hydroxylation is 1. The zero-order valence-corrected chi connectivity index (χ0v) is 14.1. The minimum absolute atomic E-state index is 0.0827. The molecule has 0 unspecified atom stereocenters. The maximum atomic E-state index is 12.1. The van der Waals surface area contributed by atoms with Crippen LogP contribution in [0.15, 0.2) is 48.7 Å². The maximum Gasteiger partial charge on any atom is 0.233 e. The summed E-state index contributed by atoms with van der Waals surface area (Å²) in [5, 5.41) is 3.20. The molecule has 0 fully saturated rings. The van der Waals surface area contributed by atoms with Crippen LogP contribution in [0.3, 0.4) is 0 Å². The van der Waals surface area contributed by atoms with Crippen LogP contribution >= 0.6 is 0 Å². The van der Waals surface area contributed by atoms with Crippen LogP contribution in [0.1, 0.15) is 25.3 Å². The molecular formula is C17H23N3O2S. The van der Waals surface area contributed by atoms with Crippen LogP contribution in [0.2, 0.25) is 0 Å². The van der Waals surface area contributed by atoms with Gasteiger partial charge in [0.15, 0.2) is 0 Å². The second-order valence-electron chi connectivity index (χ2n) is 5.37. The van der Waals surface area contributed by atoms with Crippen molar-refractivity contribution in [2.75, 3.05) is 22.3 Å². The Hall–Kier alpha value is -2.08. The largest absolute Gasteiger partial charge is 0.384 e. The fourth-order valence-electron chi connectivity index (χ4n) is 2.15.